The average molecular weight is 224 g/mol. The number of hydrogen-bond donors (Lipinski definition) is 0. The van der Waals surface area contributed by atoms with Crippen LogP contribution in [-0.2, 0) is 30.4 Å². The Labute approximate surface area is 82.7 Å². The molecular weight excluding hydrogens is 211 g/mol. The fourth-order valence-electron chi connectivity index (χ4n) is 1.09. The molecule has 0 aliphatic carbocycles. The summed E-state index contributed by atoms with van der Waals surface area (Å²) in [5, 5.41) is 0. The van der Waals surface area contributed by atoms with Gasteiger partial charge in [-0.25, -0.2) is 0 Å². The minimum absolute atomic E-state index is 0.0744. The highest BCUT2D eigenvalue weighted by Crippen LogP contribution is 2.54. The van der Waals surface area contributed by atoms with Crippen molar-refractivity contribution in [3.63, 3.8) is 0 Å². The van der Waals surface area contributed by atoms with E-state index in [1.54, 1.807) is 7.11 Å². The lowest BCUT2D eigenvalue weighted by Crippen LogP contribution is -2.15. The Morgan fingerprint density at radius 1 is 1.77 bits per heavy atom. The van der Waals surface area contributed by atoms with E-state index in [1.807, 2.05) is 0 Å². The van der Waals surface area contributed by atoms with Crippen molar-refractivity contribution in [1.82, 2.24) is 0 Å². The molecule has 0 radical (unpaired) electrons. The smallest absolute Gasteiger partial charge is 0.302 e. The van der Waals surface area contributed by atoms with E-state index in [9.17, 15) is 4.79 Å². The second-order valence-corrected chi connectivity index (χ2v) is 6.75. The minimum Gasteiger partial charge on any atom is -0.463 e. The summed E-state index contributed by atoms with van der Waals surface area (Å²) in [5.41, 5.74) is 0. The largest absolute Gasteiger partial charge is 0.463 e. The molecule has 0 spiro atoms. The number of carbonyl (C=O) groups excluding carboxylic acids is 1. The Hall–Kier alpha value is 0.0400. The Morgan fingerprint density at radius 3 is 2.92 bits per heavy atom. The molecule has 0 aromatic heterocycles. The van der Waals surface area contributed by atoms with Gasteiger partial charge in [0.25, 0.3) is 0 Å². The topological polar surface area (TPSA) is 44.8 Å². The van der Waals surface area contributed by atoms with E-state index < -0.39 is 6.49 Å². The molecule has 76 valence electrons. The zero-order valence-electron chi connectivity index (χ0n) is 7.69. The van der Waals surface area contributed by atoms with Gasteiger partial charge in [-0.15, -0.1) is 0 Å². The van der Waals surface area contributed by atoms with Gasteiger partial charge in [0.15, 0.2) is 6.49 Å². The molecular formula is C7H13O4PS. The predicted molar refractivity (Wildman–Crippen MR) is 52.3 cm³/mol. The molecule has 1 saturated heterocycles. The number of carbonyl (C=O) groups is 1. The Kier molecular flexibility index (Phi) is 3.86. The molecule has 0 aromatic carbocycles. The monoisotopic (exact) mass is 224 g/mol. The normalized spacial score (nSPS) is 33.2. The van der Waals surface area contributed by atoms with E-state index in [1.165, 1.54) is 6.92 Å². The van der Waals surface area contributed by atoms with Crippen molar-refractivity contribution < 1.29 is 18.6 Å². The standard InChI is InChI=1S/C7H13O4PS/c1-6(8)10-5-7-3-4-12(13,9-2)11-7/h7H,3-5H2,1-2H3/t7-,12?/m0/s1. The highest BCUT2D eigenvalue weighted by Gasteiger charge is 2.31. The van der Waals surface area contributed by atoms with Crippen LogP contribution in [0.1, 0.15) is 13.3 Å². The summed E-state index contributed by atoms with van der Waals surface area (Å²) in [7, 11) is 1.56. The summed E-state index contributed by atoms with van der Waals surface area (Å²) in [6, 6.07) is 0. The molecule has 0 bridgehead atoms. The van der Waals surface area contributed by atoms with Crippen LogP contribution in [0.4, 0.5) is 0 Å². The summed E-state index contributed by atoms with van der Waals surface area (Å²) >= 11 is 5.15. The Morgan fingerprint density at radius 2 is 2.46 bits per heavy atom. The molecule has 1 aliphatic rings. The lowest BCUT2D eigenvalue weighted by molar-refractivity contribution is -0.143. The van der Waals surface area contributed by atoms with E-state index in [0.29, 0.717) is 0 Å². The van der Waals surface area contributed by atoms with Crippen LogP contribution < -0.4 is 0 Å². The van der Waals surface area contributed by atoms with Crippen molar-refractivity contribution in [2.45, 2.75) is 19.4 Å². The number of rotatable bonds is 3. The molecule has 1 fully saturated rings. The average Bonchev–Trinajstić information content (AvgIpc) is 2.45. The van der Waals surface area contributed by atoms with Crippen LogP contribution in [0.15, 0.2) is 0 Å². The van der Waals surface area contributed by atoms with Crippen molar-refractivity contribution in [3.8, 4) is 0 Å². The van der Waals surface area contributed by atoms with Gasteiger partial charge in [-0.05, 0) is 18.2 Å². The zero-order chi connectivity index (χ0) is 9.90. The second-order valence-electron chi connectivity index (χ2n) is 2.84. The number of esters is 1. The molecule has 1 aliphatic heterocycles. The van der Waals surface area contributed by atoms with Crippen LogP contribution in [0.3, 0.4) is 0 Å². The molecule has 1 heterocycles. The molecule has 0 N–H and O–H groups in total. The van der Waals surface area contributed by atoms with Crippen molar-refractivity contribution >= 4 is 24.3 Å². The highest BCUT2D eigenvalue weighted by atomic mass is 32.5. The van der Waals surface area contributed by atoms with Gasteiger partial charge in [0.2, 0.25) is 0 Å². The quantitative estimate of drug-likeness (QED) is 0.534. The molecule has 4 nitrogen and oxygen atoms in total. The van der Waals surface area contributed by atoms with Crippen LogP contribution in [0.2, 0.25) is 0 Å². The maximum Gasteiger partial charge on any atom is 0.302 e. The molecule has 6 heteroatoms. The molecule has 1 rings (SSSR count). The van der Waals surface area contributed by atoms with Gasteiger partial charge in [0.05, 0.1) is 6.10 Å². The third-order valence-electron chi connectivity index (χ3n) is 1.79. The molecule has 0 amide bonds. The van der Waals surface area contributed by atoms with Crippen LogP contribution in [0.25, 0.3) is 0 Å². The number of ether oxygens (including phenoxy) is 1. The van der Waals surface area contributed by atoms with E-state index >= 15 is 0 Å². The van der Waals surface area contributed by atoms with Gasteiger partial charge in [0, 0.05) is 20.2 Å². The minimum atomic E-state index is -2.02. The van der Waals surface area contributed by atoms with E-state index in [0.717, 1.165) is 12.6 Å². The summed E-state index contributed by atoms with van der Waals surface area (Å²) in [4.78, 5) is 10.5. The van der Waals surface area contributed by atoms with Crippen molar-refractivity contribution in [1.29, 1.82) is 0 Å². The first kappa shape index (κ1) is 11.1. The van der Waals surface area contributed by atoms with Gasteiger partial charge in [0.1, 0.15) is 6.61 Å². The molecule has 2 atom stereocenters. The Balaban J connectivity index is 2.33. The lowest BCUT2D eigenvalue weighted by atomic mass is 10.3. The van der Waals surface area contributed by atoms with Crippen molar-refractivity contribution in [2.75, 3.05) is 19.9 Å². The molecule has 0 saturated carbocycles. The summed E-state index contributed by atoms with van der Waals surface area (Å²) < 4.78 is 15.4. The summed E-state index contributed by atoms with van der Waals surface area (Å²) in [6.45, 7) is -0.360. The molecule has 0 aromatic rings. The van der Waals surface area contributed by atoms with Crippen molar-refractivity contribution in [3.05, 3.63) is 0 Å². The van der Waals surface area contributed by atoms with Crippen LogP contribution in [-0.4, -0.2) is 32.0 Å². The van der Waals surface area contributed by atoms with Gasteiger partial charge in [-0.2, -0.15) is 0 Å². The van der Waals surface area contributed by atoms with Gasteiger partial charge >= 0.3 is 5.97 Å². The predicted octanol–water partition coefficient (Wildman–Crippen LogP) is 1.29. The lowest BCUT2D eigenvalue weighted by Gasteiger charge is -2.14. The van der Waals surface area contributed by atoms with Crippen LogP contribution >= 0.6 is 6.49 Å². The second kappa shape index (κ2) is 4.51. The first-order valence-corrected chi connectivity index (χ1v) is 6.84. The summed E-state index contributed by atoms with van der Waals surface area (Å²) in [6.07, 6.45) is 1.51. The maximum absolute atomic E-state index is 10.5. The van der Waals surface area contributed by atoms with Gasteiger partial charge in [-0.1, -0.05) is 0 Å². The first-order chi connectivity index (χ1) is 6.06. The van der Waals surface area contributed by atoms with Crippen LogP contribution in [0.5, 0.6) is 0 Å². The third kappa shape index (κ3) is 3.35. The first-order valence-electron chi connectivity index (χ1n) is 4.02. The van der Waals surface area contributed by atoms with E-state index in [4.69, 9.17) is 25.6 Å². The molecule has 13 heavy (non-hydrogen) atoms. The maximum atomic E-state index is 10.5. The zero-order valence-corrected chi connectivity index (χ0v) is 9.40. The van der Waals surface area contributed by atoms with Crippen LogP contribution in [0, 0.1) is 0 Å². The fourth-order valence-corrected chi connectivity index (χ4v) is 3.37. The third-order valence-corrected chi connectivity index (χ3v) is 5.02. The fraction of sp³-hybridized carbons (Fsp3) is 0.857. The van der Waals surface area contributed by atoms with Gasteiger partial charge in [-0.3, -0.25) is 4.79 Å². The Bertz CT molecular complexity index is 243. The molecule has 1 unspecified atom stereocenters. The van der Waals surface area contributed by atoms with E-state index in [2.05, 4.69) is 0 Å². The SMILES string of the molecule is COP1(=S)CC[C@@H](COC(C)=O)O1. The van der Waals surface area contributed by atoms with E-state index in [-0.39, 0.29) is 18.7 Å². The van der Waals surface area contributed by atoms with Gasteiger partial charge < -0.3 is 13.8 Å². The van der Waals surface area contributed by atoms with Crippen molar-refractivity contribution in [2.24, 2.45) is 0 Å². The highest BCUT2D eigenvalue weighted by molar-refractivity contribution is 8.10. The summed E-state index contributed by atoms with van der Waals surface area (Å²) in [5.74, 6) is -0.291. The number of hydrogen-bond acceptors (Lipinski definition) is 5.